The van der Waals surface area contributed by atoms with Crippen molar-refractivity contribution in [2.75, 3.05) is 30.7 Å². The highest BCUT2D eigenvalue weighted by Crippen LogP contribution is 2.37. The number of ether oxygens (including phenoxy) is 2. The van der Waals surface area contributed by atoms with E-state index in [2.05, 4.69) is 29.1 Å². The van der Waals surface area contributed by atoms with Crippen molar-refractivity contribution < 1.29 is 14.3 Å². The van der Waals surface area contributed by atoms with Crippen molar-refractivity contribution in [2.45, 2.75) is 46.6 Å². The van der Waals surface area contributed by atoms with Crippen LogP contribution in [0.4, 0.5) is 16.4 Å². The van der Waals surface area contributed by atoms with Gasteiger partial charge in [-0.05, 0) is 68.4 Å². The van der Waals surface area contributed by atoms with E-state index in [1.165, 1.54) is 6.33 Å². The molecule has 0 radical (unpaired) electrons. The Morgan fingerprint density at radius 1 is 1.08 bits per heavy atom. The molecule has 4 rings (SSSR count). The highest BCUT2D eigenvalue weighted by Gasteiger charge is 2.38. The summed E-state index contributed by atoms with van der Waals surface area (Å²) in [4.78, 5) is 23.1. The Balaban J connectivity index is 1.44. The molecule has 3 N–H and O–H groups in total. The summed E-state index contributed by atoms with van der Waals surface area (Å²) in [6, 6.07) is 17.4. The molecule has 0 bridgehead atoms. The molecular weight excluding hydrogens is 466 g/mol. The molecule has 1 amide bonds. The molecular formula is C29H37N5O3. The number of amides is 1. The van der Waals surface area contributed by atoms with Gasteiger partial charge in [-0.1, -0.05) is 44.2 Å². The summed E-state index contributed by atoms with van der Waals surface area (Å²) in [6.45, 7) is 12.0. The van der Waals surface area contributed by atoms with Crippen LogP contribution in [0.2, 0.25) is 0 Å². The number of piperidine rings is 1. The molecule has 8 heteroatoms. The summed E-state index contributed by atoms with van der Waals surface area (Å²) < 4.78 is 11.5. The van der Waals surface area contributed by atoms with Crippen LogP contribution < -0.4 is 15.8 Å². The van der Waals surface area contributed by atoms with Crippen molar-refractivity contribution in [3.8, 4) is 22.6 Å². The van der Waals surface area contributed by atoms with Crippen LogP contribution in [0.3, 0.4) is 0 Å². The number of carbonyl (C=O) groups excluding carboxylic acids is 1. The fraction of sp³-hybridized carbons (Fsp3) is 0.414. The third-order valence-electron chi connectivity index (χ3n) is 6.62. The lowest BCUT2D eigenvalue weighted by Gasteiger charge is -2.44. The number of rotatable bonds is 6. The first kappa shape index (κ1) is 26.3. The maximum absolute atomic E-state index is 12.6. The van der Waals surface area contributed by atoms with Gasteiger partial charge in [0.2, 0.25) is 0 Å². The van der Waals surface area contributed by atoms with E-state index in [0.717, 1.165) is 29.0 Å². The third kappa shape index (κ3) is 6.70. The van der Waals surface area contributed by atoms with Crippen LogP contribution in [0.15, 0.2) is 60.9 Å². The van der Waals surface area contributed by atoms with Gasteiger partial charge in [0.05, 0.1) is 5.56 Å². The van der Waals surface area contributed by atoms with Crippen LogP contribution in [0.5, 0.6) is 11.5 Å². The summed E-state index contributed by atoms with van der Waals surface area (Å²) >= 11 is 0. The van der Waals surface area contributed by atoms with Crippen molar-refractivity contribution in [1.82, 2.24) is 14.9 Å². The number of para-hydroxylation sites is 1. The zero-order chi connectivity index (χ0) is 26.6. The summed E-state index contributed by atoms with van der Waals surface area (Å²) in [7, 11) is 0. The number of likely N-dealkylation sites (tertiary alicyclic amines) is 1. The Hall–Kier alpha value is -3.81. The van der Waals surface area contributed by atoms with E-state index < -0.39 is 5.60 Å². The van der Waals surface area contributed by atoms with Crippen LogP contribution in [-0.4, -0.2) is 46.2 Å². The predicted molar refractivity (Wildman–Crippen MR) is 147 cm³/mol. The highest BCUT2D eigenvalue weighted by atomic mass is 16.6. The first-order valence-corrected chi connectivity index (χ1v) is 12.7. The standard InChI is InChI=1S/C29H37N5O3/c1-28(2,3)37-27(35)34-16-15-21(29(4,5)18-34)17-31-26-24(25(30)32-19-33-26)20-11-13-23(14-12-20)36-22-9-7-6-8-10-22/h6-14,19,21H,15-18H2,1-5H3,(H3,30,31,32,33). The van der Waals surface area contributed by atoms with Crippen LogP contribution >= 0.6 is 0 Å². The van der Waals surface area contributed by atoms with E-state index in [4.69, 9.17) is 15.2 Å². The minimum atomic E-state index is -0.505. The van der Waals surface area contributed by atoms with Gasteiger partial charge in [0.15, 0.2) is 0 Å². The second kappa shape index (κ2) is 10.7. The van der Waals surface area contributed by atoms with Gasteiger partial charge in [0.1, 0.15) is 35.1 Å². The Bertz CT molecular complexity index is 1210. The Morgan fingerprint density at radius 3 is 2.41 bits per heavy atom. The second-order valence-corrected chi connectivity index (χ2v) is 11.2. The molecule has 196 valence electrons. The van der Waals surface area contributed by atoms with Crippen molar-refractivity contribution in [1.29, 1.82) is 0 Å². The van der Waals surface area contributed by atoms with Crippen LogP contribution in [-0.2, 0) is 4.74 Å². The van der Waals surface area contributed by atoms with E-state index >= 15 is 0 Å². The SMILES string of the molecule is CC(C)(C)OC(=O)N1CCC(CNc2ncnc(N)c2-c2ccc(Oc3ccccc3)cc2)C(C)(C)C1. The molecule has 37 heavy (non-hydrogen) atoms. The zero-order valence-electron chi connectivity index (χ0n) is 22.3. The average Bonchev–Trinajstić information content (AvgIpc) is 2.83. The van der Waals surface area contributed by atoms with Crippen LogP contribution in [0, 0.1) is 11.3 Å². The first-order chi connectivity index (χ1) is 17.5. The molecule has 8 nitrogen and oxygen atoms in total. The van der Waals surface area contributed by atoms with Gasteiger partial charge in [-0.25, -0.2) is 14.8 Å². The van der Waals surface area contributed by atoms with Crippen molar-refractivity contribution in [3.05, 3.63) is 60.9 Å². The minimum absolute atomic E-state index is 0.0999. The number of hydrogen-bond donors (Lipinski definition) is 2. The van der Waals surface area contributed by atoms with Crippen LogP contribution in [0.1, 0.15) is 41.0 Å². The molecule has 1 atom stereocenters. The van der Waals surface area contributed by atoms with Gasteiger partial charge in [-0.2, -0.15) is 0 Å². The number of nitrogens with zero attached hydrogens (tertiary/aromatic N) is 3. The lowest BCUT2D eigenvalue weighted by Crippen LogP contribution is -2.51. The molecule has 1 aromatic heterocycles. The van der Waals surface area contributed by atoms with Gasteiger partial charge < -0.3 is 25.4 Å². The lowest BCUT2D eigenvalue weighted by atomic mass is 9.74. The molecule has 3 aromatic rings. The molecule has 1 aliphatic heterocycles. The van der Waals surface area contributed by atoms with E-state index in [0.29, 0.717) is 37.2 Å². The van der Waals surface area contributed by atoms with Crippen molar-refractivity contribution >= 4 is 17.7 Å². The molecule has 0 spiro atoms. The molecule has 1 fully saturated rings. The molecule has 2 aromatic carbocycles. The minimum Gasteiger partial charge on any atom is -0.457 e. The number of nitrogens with two attached hydrogens (primary N) is 1. The molecule has 1 unspecified atom stereocenters. The monoisotopic (exact) mass is 503 g/mol. The lowest BCUT2D eigenvalue weighted by molar-refractivity contribution is -0.00235. The molecule has 2 heterocycles. The van der Waals surface area contributed by atoms with Crippen molar-refractivity contribution in [3.63, 3.8) is 0 Å². The summed E-state index contributed by atoms with van der Waals surface area (Å²) in [5.41, 5.74) is 7.36. The number of anilines is 2. The van der Waals surface area contributed by atoms with Gasteiger partial charge in [-0.3, -0.25) is 0 Å². The maximum atomic E-state index is 12.6. The van der Waals surface area contributed by atoms with E-state index in [-0.39, 0.29) is 11.5 Å². The zero-order valence-corrected chi connectivity index (χ0v) is 22.3. The quantitative estimate of drug-likeness (QED) is 0.412. The molecule has 0 aliphatic carbocycles. The van der Waals surface area contributed by atoms with Crippen LogP contribution in [0.25, 0.3) is 11.1 Å². The first-order valence-electron chi connectivity index (χ1n) is 12.7. The second-order valence-electron chi connectivity index (χ2n) is 11.2. The number of hydrogen-bond acceptors (Lipinski definition) is 7. The van der Waals surface area contributed by atoms with Gasteiger partial charge in [-0.15, -0.1) is 0 Å². The normalized spacial score (nSPS) is 17.2. The highest BCUT2D eigenvalue weighted by molar-refractivity contribution is 5.83. The molecule has 0 saturated carbocycles. The van der Waals surface area contributed by atoms with E-state index in [1.807, 2.05) is 80.3 Å². The molecule has 1 saturated heterocycles. The molecule has 1 aliphatic rings. The number of carbonyl (C=O) groups is 1. The van der Waals surface area contributed by atoms with Crippen molar-refractivity contribution in [2.24, 2.45) is 11.3 Å². The van der Waals surface area contributed by atoms with E-state index in [9.17, 15) is 4.79 Å². The Kier molecular flexibility index (Phi) is 7.57. The number of benzene rings is 2. The van der Waals surface area contributed by atoms with Gasteiger partial charge in [0, 0.05) is 19.6 Å². The summed E-state index contributed by atoms with van der Waals surface area (Å²) in [5, 5.41) is 3.52. The number of aromatic nitrogens is 2. The fourth-order valence-corrected chi connectivity index (χ4v) is 4.62. The number of nitrogen functional groups attached to an aromatic ring is 1. The van der Waals surface area contributed by atoms with E-state index in [1.54, 1.807) is 0 Å². The fourth-order valence-electron chi connectivity index (χ4n) is 4.62. The average molecular weight is 504 g/mol. The third-order valence-corrected chi connectivity index (χ3v) is 6.62. The van der Waals surface area contributed by atoms with Gasteiger partial charge in [0.25, 0.3) is 0 Å². The topological polar surface area (TPSA) is 103 Å². The Morgan fingerprint density at radius 2 is 1.76 bits per heavy atom. The summed E-state index contributed by atoms with van der Waals surface area (Å²) in [6.07, 6.45) is 2.09. The Labute approximate surface area is 219 Å². The predicted octanol–water partition coefficient (Wildman–Crippen LogP) is 6.21. The maximum Gasteiger partial charge on any atom is 0.410 e. The number of nitrogens with one attached hydrogen (secondary N) is 1. The smallest absolute Gasteiger partial charge is 0.410 e. The van der Waals surface area contributed by atoms with Gasteiger partial charge >= 0.3 is 6.09 Å². The summed E-state index contributed by atoms with van der Waals surface area (Å²) in [5.74, 6) is 2.94. The largest absolute Gasteiger partial charge is 0.457 e.